The number of fused-ring (bicyclic) bond motifs is 3. The lowest BCUT2D eigenvalue weighted by Crippen LogP contribution is -2.09. The van der Waals surface area contributed by atoms with Crippen LogP contribution in [0.25, 0.3) is 0 Å². The minimum atomic E-state index is 0.409. The van der Waals surface area contributed by atoms with Gasteiger partial charge in [-0.1, -0.05) is 0 Å². The van der Waals surface area contributed by atoms with Gasteiger partial charge in [-0.25, -0.2) is 0 Å². The molecule has 0 radical (unpaired) electrons. The molecule has 1 aromatic rings. The van der Waals surface area contributed by atoms with Crippen LogP contribution in [-0.2, 0) is 29.5 Å². The highest BCUT2D eigenvalue weighted by atomic mass is 16.1. The predicted molar refractivity (Wildman–Crippen MR) is 65.2 cm³/mol. The molecular weight excluding hydrogens is 212 g/mol. The van der Waals surface area contributed by atoms with E-state index < -0.39 is 0 Å². The van der Waals surface area contributed by atoms with Crippen molar-refractivity contribution >= 4 is 12.1 Å². The number of aromatic nitrogens is 1. The van der Waals surface area contributed by atoms with Crippen LogP contribution in [0.1, 0.15) is 48.2 Å². The van der Waals surface area contributed by atoms with Crippen LogP contribution in [0.15, 0.2) is 0 Å². The monoisotopic (exact) mass is 228 g/mol. The van der Waals surface area contributed by atoms with Crippen molar-refractivity contribution in [3.8, 4) is 0 Å². The van der Waals surface area contributed by atoms with E-state index in [-0.39, 0.29) is 0 Å². The normalized spacial score (nSPS) is 22.4. The number of carbonyl (C=O) groups is 1. The van der Waals surface area contributed by atoms with Crippen molar-refractivity contribution in [2.45, 2.75) is 50.4 Å². The van der Waals surface area contributed by atoms with Crippen LogP contribution in [-0.4, -0.2) is 11.4 Å². The number of pyridine rings is 1. The minimum Gasteiger partial charge on any atom is -0.328 e. The van der Waals surface area contributed by atoms with E-state index in [4.69, 9.17) is 4.98 Å². The summed E-state index contributed by atoms with van der Waals surface area (Å²) in [6, 6.07) is 0. The third kappa shape index (κ3) is 1.17. The van der Waals surface area contributed by atoms with E-state index in [0.29, 0.717) is 5.41 Å². The van der Waals surface area contributed by atoms with E-state index in [9.17, 15) is 4.79 Å². The highest BCUT2D eigenvalue weighted by Crippen LogP contribution is 2.57. The molecule has 4 rings (SSSR count). The molecule has 0 aliphatic heterocycles. The van der Waals surface area contributed by atoms with Gasteiger partial charge in [-0.05, 0) is 56.1 Å². The molecule has 1 fully saturated rings. The smallest absolute Gasteiger partial charge is 0.211 e. The van der Waals surface area contributed by atoms with Crippen molar-refractivity contribution in [3.05, 3.63) is 22.5 Å². The van der Waals surface area contributed by atoms with Gasteiger partial charge in [-0.3, -0.25) is 9.78 Å². The number of anilines is 1. The molecule has 0 atom stereocenters. The Kier molecular flexibility index (Phi) is 1.75. The summed E-state index contributed by atoms with van der Waals surface area (Å²) < 4.78 is 0. The first-order valence-electron chi connectivity index (χ1n) is 6.59. The number of hydrogen-bond donors (Lipinski definition) is 1. The number of hydrogen-bond acceptors (Lipinski definition) is 2. The zero-order chi connectivity index (χ0) is 11.5. The third-order valence-corrected chi connectivity index (χ3v) is 4.74. The average molecular weight is 228 g/mol. The van der Waals surface area contributed by atoms with Crippen molar-refractivity contribution in [3.63, 3.8) is 0 Å². The maximum absolute atomic E-state index is 10.8. The highest BCUT2D eigenvalue weighted by Gasteiger charge is 2.51. The molecule has 1 amide bonds. The van der Waals surface area contributed by atoms with Gasteiger partial charge in [0.25, 0.3) is 0 Å². The Balaban J connectivity index is 1.95. The van der Waals surface area contributed by atoms with Crippen LogP contribution in [0, 0.1) is 0 Å². The van der Waals surface area contributed by atoms with Crippen LogP contribution in [0.2, 0.25) is 0 Å². The Bertz CT molecular complexity index is 517. The molecule has 88 valence electrons. The fourth-order valence-electron chi connectivity index (χ4n) is 3.66. The van der Waals surface area contributed by atoms with Crippen molar-refractivity contribution < 1.29 is 4.79 Å². The van der Waals surface area contributed by atoms with E-state index >= 15 is 0 Å². The fourth-order valence-corrected chi connectivity index (χ4v) is 3.66. The fraction of sp³-hybridized carbons (Fsp3) is 0.571. The van der Waals surface area contributed by atoms with E-state index in [1.165, 1.54) is 48.2 Å². The molecule has 3 aliphatic carbocycles. The van der Waals surface area contributed by atoms with Crippen molar-refractivity contribution in [2.75, 3.05) is 5.32 Å². The van der Waals surface area contributed by atoms with Crippen LogP contribution < -0.4 is 5.32 Å². The van der Waals surface area contributed by atoms with Gasteiger partial charge in [0.2, 0.25) is 6.41 Å². The van der Waals surface area contributed by atoms with Gasteiger partial charge in [-0.15, -0.1) is 0 Å². The molecule has 0 saturated heterocycles. The number of carbonyl (C=O) groups excluding carboxylic acids is 1. The van der Waals surface area contributed by atoms with Gasteiger partial charge >= 0.3 is 0 Å². The van der Waals surface area contributed by atoms with Gasteiger partial charge < -0.3 is 5.32 Å². The van der Waals surface area contributed by atoms with Gasteiger partial charge in [0, 0.05) is 11.1 Å². The molecule has 1 heterocycles. The summed E-state index contributed by atoms with van der Waals surface area (Å²) in [5, 5.41) is 2.95. The molecule has 17 heavy (non-hydrogen) atoms. The number of rotatable bonds is 2. The molecule has 3 aliphatic rings. The van der Waals surface area contributed by atoms with Gasteiger partial charge in [0.1, 0.15) is 0 Å². The molecule has 3 nitrogen and oxygen atoms in total. The van der Waals surface area contributed by atoms with Crippen molar-refractivity contribution in [1.82, 2.24) is 4.98 Å². The van der Waals surface area contributed by atoms with E-state index in [0.717, 1.165) is 31.4 Å². The third-order valence-electron chi connectivity index (χ3n) is 4.74. The quantitative estimate of drug-likeness (QED) is 0.788. The second kappa shape index (κ2) is 3.09. The standard InChI is InChI=1S/C14H16N2O/c17-8-15-12-9-2-1-3-11(9)16-13-10(12)4-5-14(13)6-7-14/h8H,1-7H2,(H,15,16,17). The average Bonchev–Trinajstić information content (AvgIpc) is 2.82. The zero-order valence-electron chi connectivity index (χ0n) is 9.88. The first-order valence-corrected chi connectivity index (χ1v) is 6.59. The second-order valence-corrected chi connectivity index (χ2v) is 5.64. The number of aryl methyl sites for hydroxylation is 1. The maximum atomic E-state index is 10.8. The van der Waals surface area contributed by atoms with Gasteiger partial charge in [0.05, 0.1) is 11.4 Å². The number of nitrogens with one attached hydrogen (secondary N) is 1. The summed E-state index contributed by atoms with van der Waals surface area (Å²) in [4.78, 5) is 15.8. The lowest BCUT2D eigenvalue weighted by molar-refractivity contribution is -0.105. The lowest BCUT2D eigenvalue weighted by atomic mass is 10.0. The minimum absolute atomic E-state index is 0.409. The SMILES string of the molecule is O=CNc1c2c(nc3c1CCC31CC1)CCC2. The Morgan fingerprint density at radius 2 is 2.00 bits per heavy atom. The summed E-state index contributed by atoms with van der Waals surface area (Å²) in [7, 11) is 0. The molecule has 3 heteroatoms. The van der Waals surface area contributed by atoms with Gasteiger partial charge in [-0.2, -0.15) is 0 Å². The molecule has 0 unspecified atom stereocenters. The summed E-state index contributed by atoms with van der Waals surface area (Å²) in [5.74, 6) is 0. The van der Waals surface area contributed by atoms with Crippen LogP contribution >= 0.6 is 0 Å². The zero-order valence-corrected chi connectivity index (χ0v) is 9.88. The summed E-state index contributed by atoms with van der Waals surface area (Å²) >= 11 is 0. The van der Waals surface area contributed by atoms with Crippen molar-refractivity contribution in [1.29, 1.82) is 0 Å². The summed E-state index contributed by atoms with van der Waals surface area (Å²) in [6.07, 6.45) is 9.12. The van der Waals surface area contributed by atoms with E-state index in [1.54, 1.807) is 0 Å². The molecule has 1 saturated carbocycles. The van der Waals surface area contributed by atoms with Crippen LogP contribution in [0.5, 0.6) is 0 Å². The van der Waals surface area contributed by atoms with E-state index in [2.05, 4.69) is 5.32 Å². The number of amides is 1. The molecular formula is C14H16N2O. The Labute approximate surface area is 101 Å². The molecule has 1 spiro atoms. The maximum Gasteiger partial charge on any atom is 0.211 e. The topological polar surface area (TPSA) is 42.0 Å². The second-order valence-electron chi connectivity index (χ2n) is 5.64. The Morgan fingerprint density at radius 1 is 1.12 bits per heavy atom. The molecule has 0 bridgehead atoms. The highest BCUT2D eigenvalue weighted by molar-refractivity contribution is 5.78. The van der Waals surface area contributed by atoms with Crippen LogP contribution in [0.4, 0.5) is 5.69 Å². The Hall–Kier alpha value is -1.38. The Morgan fingerprint density at radius 3 is 2.76 bits per heavy atom. The molecule has 1 aromatic heterocycles. The first kappa shape index (κ1) is 9.63. The van der Waals surface area contributed by atoms with E-state index in [1.807, 2.05) is 0 Å². The van der Waals surface area contributed by atoms with Crippen LogP contribution in [0.3, 0.4) is 0 Å². The number of nitrogens with zero attached hydrogens (tertiary/aromatic N) is 1. The molecule has 0 aromatic carbocycles. The lowest BCUT2D eigenvalue weighted by Gasteiger charge is -2.14. The summed E-state index contributed by atoms with van der Waals surface area (Å²) in [6.45, 7) is 0. The predicted octanol–water partition coefficient (Wildman–Crippen LogP) is 2.12. The first-order chi connectivity index (χ1) is 8.34. The van der Waals surface area contributed by atoms with Gasteiger partial charge in [0.15, 0.2) is 0 Å². The molecule has 1 N–H and O–H groups in total. The van der Waals surface area contributed by atoms with Crippen molar-refractivity contribution in [2.24, 2.45) is 0 Å². The largest absolute Gasteiger partial charge is 0.328 e. The summed E-state index contributed by atoms with van der Waals surface area (Å²) in [5.41, 5.74) is 6.75.